The smallest absolute Gasteiger partial charge is 0.303 e. The SMILES string of the molecule is C=CC[C@H]1C=C[C@H](OC(C)=O)[C@H](COC(C)=O)O1. The molecule has 0 unspecified atom stereocenters. The number of hydrogen-bond acceptors (Lipinski definition) is 5. The van der Waals surface area contributed by atoms with E-state index in [1.807, 2.05) is 6.08 Å². The van der Waals surface area contributed by atoms with Gasteiger partial charge in [-0.2, -0.15) is 0 Å². The highest BCUT2D eigenvalue weighted by molar-refractivity contribution is 5.66. The molecule has 1 aliphatic rings. The third kappa shape index (κ3) is 4.71. The summed E-state index contributed by atoms with van der Waals surface area (Å²) in [7, 11) is 0. The van der Waals surface area contributed by atoms with E-state index in [9.17, 15) is 9.59 Å². The molecule has 0 aromatic carbocycles. The molecule has 100 valence electrons. The van der Waals surface area contributed by atoms with Gasteiger partial charge >= 0.3 is 11.9 Å². The van der Waals surface area contributed by atoms with E-state index in [0.29, 0.717) is 6.42 Å². The van der Waals surface area contributed by atoms with Crippen LogP contribution in [0.5, 0.6) is 0 Å². The van der Waals surface area contributed by atoms with E-state index in [1.54, 1.807) is 12.2 Å². The average molecular weight is 254 g/mol. The fourth-order valence-electron chi connectivity index (χ4n) is 1.64. The van der Waals surface area contributed by atoms with Gasteiger partial charge in [0.1, 0.15) is 18.8 Å². The summed E-state index contributed by atoms with van der Waals surface area (Å²) in [5.41, 5.74) is 0. The Bertz CT molecular complexity index is 347. The minimum absolute atomic E-state index is 0.0608. The molecule has 1 heterocycles. The minimum Gasteiger partial charge on any atom is -0.463 e. The van der Waals surface area contributed by atoms with Crippen molar-refractivity contribution in [1.29, 1.82) is 0 Å². The molecule has 5 heteroatoms. The summed E-state index contributed by atoms with van der Waals surface area (Å²) in [6.45, 7) is 6.34. The number of ether oxygens (including phenoxy) is 3. The molecule has 18 heavy (non-hydrogen) atoms. The Morgan fingerprint density at radius 1 is 1.33 bits per heavy atom. The zero-order valence-corrected chi connectivity index (χ0v) is 10.6. The summed E-state index contributed by atoms with van der Waals surface area (Å²) < 4.78 is 15.7. The van der Waals surface area contributed by atoms with Crippen LogP contribution in [-0.2, 0) is 23.8 Å². The lowest BCUT2D eigenvalue weighted by atomic mass is 10.1. The summed E-state index contributed by atoms with van der Waals surface area (Å²) in [5.74, 6) is -0.793. The van der Waals surface area contributed by atoms with E-state index in [0.717, 1.165) is 0 Å². The van der Waals surface area contributed by atoms with Crippen molar-refractivity contribution in [2.45, 2.75) is 38.6 Å². The Morgan fingerprint density at radius 3 is 2.61 bits per heavy atom. The summed E-state index contributed by atoms with van der Waals surface area (Å²) in [5, 5.41) is 0. The molecule has 1 rings (SSSR count). The number of hydrogen-bond donors (Lipinski definition) is 0. The second-order valence-corrected chi connectivity index (χ2v) is 4.00. The van der Waals surface area contributed by atoms with E-state index in [-0.39, 0.29) is 12.7 Å². The molecule has 0 aliphatic carbocycles. The Morgan fingerprint density at radius 2 is 2.06 bits per heavy atom. The van der Waals surface area contributed by atoms with Crippen LogP contribution in [-0.4, -0.2) is 36.9 Å². The molecule has 0 spiro atoms. The highest BCUT2D eigenvalue weighted by Gasteiger charge is 2.29. The summed E-state index contributed by atoms with van der Waals surface area (Å²) in [4.78, 5) is 21.8. The van der Waals surface area contributed by atoms with Crippen molar-refractivity contribution < 1.29 is 23.8 Å². The van der Waals surface area contributed by atoms with Gasteiger partial charge in [-0.3, -0.25) is 9.59 Å². The predicted molar refractivity (Wildman–Crippen MR) is 64.8 cm³/mol. The minimum atomic E-state index is -0.525. The second-order valence-electron chi connectivity index (χ2n) is 4.00. The van der Waals surface area contributed by atoms with E-state index in [1.165, 1.54) is 13.8 Å². The lowest BCUT2D eigenvalue weighted by Crippen LogP contribution is -2.41. The molecular formula is C13H18O5. The van der Waals surface area contributed by atoms with Crippen molar-refractivity contribution in [1.82, 2.24) is 0 Å². The summed E-state index contributed by atoms with van der Waals surface area (Å²) in [6, 6.07) is 0. The zero-order valence-electron chi connectivity index (χ0n) is 10.6. The maximum absolute atomic E-state index is 11.0. The van der Waals surface area contributed by atoms with Gasteiger partial charge in [-0.25, -0.2) is 0 Å². The molecule has 0 bridgehead atoms. The van der Waals surface area contributed by atoms with Gasteiger partial charge in [-0.05, 0) is 12.5 Å². The number of esters is 2. The van der Waals surface area contributed by atoms with Crippen LogP contribution in [0.4, 0.5) is 0 Å². The lowest BCUT2D eigenvalue weighted by Gasteiger charge is -2.31. The first-order valence-electron chi connectivity index (χ1n) is 5.78. The van der Waals surface area contributed by atoms with Gasteiger partial charge < -0.3 is 14.2 Å². The Labute approximate surface area is 106 Å². The molecule has 0 radical (unpaired) electrons. The molecule has 0 saturated carbocycles. The van der Waals surface area contributed by atoms with Gasteiger partial charge in [0.25, 0.3) is 0 Å². The van der Waals surface area contributed by atoms with Crippen molar-refractivity contribution in [2.75, 3.05) is 6.61 Å². The van der Waals surface area contributed by atoms with E-state index in [4.69, 9.17) is 14.2 Å². The Balaban J connectivity index is 2.65. The van der Waals surface area contributed by atoms with Gasteiger partial charge in [0.05, 0.1) is 6.10 Å². The predicted octanol–water partition coefficient (Wildman–Crippen LogP) is 1.38. The fraction of sp³-hybridized carbons (Fsp3) is 0.538. The highest BCUT2D eigenvalue weighted by atomic mass is 16.6. The number of carbonyl (C=O) groups excluding carboxylic acids is 2. The van der Waals surface area contributed by atoms with E-state index < -0.39 is 24.1 Å². The molecule has 5 nitrogen and oxygen atoms in total. The third-order valence-corrected chi connectivity index (χ3v) is 2.38. The van der Waals surface area contributed by atoms with Crippen LogP contribution in [0.15, 0.2) is 24.8 Å². The van der Waals surface area contributed by atoms with Crippen molar-refractivity contribution in [3.63, 3.8) is 0 Å². The first kappa shape index (κ1) is 14.4. The Kier molecular flexibility index (Phi) is 5.58. The Hall–Kier alpha value is -1.62. The molecule has 3 atom stereocenters. The van der Waals surface area contributed by atoms with Crippen molar-refractivity contribution in [3.05, 3.63) is 24.8 Å². The van der Waals surface area contributed by atoms with Crippen LogP contribution in [0.3, 0.4) is 0 Å². The second kappa shape index (κ2) is 6.96. The maximum Gasteiger partial charge on any atom is 0.303 e. The summed E-state index contributed by atoms with van der Waals surface area (Å²) >= 11 is 0. The molecule has 0 fully saturated rings. The van der Waals surface area contributed by atoms with Crippen molar-refractivity contribution in [3.8, 4) is 0 Å². The van der Waals surface area contributed by atoms with Gasteiger partial charge in [0.15, 0.2) is 0 Å². The topological polar surface area (TPSA) is 61.8 Å². The molecule has 0 amide bonds. The third-order valence-electron chi connectivity index (χ3n) is 2.38. The fourth-order valence-corrected chi connectivity index (χ4v) is 1.64. The van der Waals surface area contributed by atoms with Gasteiger partial charge in [-0.1, -0.05) is 12.2 Å². The molecule has 0 saturated heterocycles. The largest absolute Gasteiger partial charge is 0.463 e. The van der Waals surface area contributed by atoms with Gasteiger partial charge in [-0.15, -0.1) is 6.58 Å². The average Bonchev–Trinajstić information content (AvgIpc) is 2.28. The maximum atomic E-state index is 11.0. The number of rotatable bonds is 5. The first-order valence-corrected chi connectivity index (χ1v) is 5.78. The van der Waals surface area contributed by atoms with Crippen molar-refractivity contribution in [2.24, 2.45) is 0 Å². The first-order chi connectivity index (χ1) is 8.52. The quantitative estimate of drug-likeness (QED) is 0.548. The summed E-state index contributed by atoms with van der Waals surface area (Å²) in [6.07, 6.45) is 4.84. The molecule has 0 N–H and O–H groups in total. The van der Waals surface area contributed by atoms with Crippen LogP contribution in [0.2, 0.25) is 0 Å². The van der Waals surface area contributed by atoms with Crippen LogP contribution < -0.4 is 0 Å². The highest BCUT2D eigenvalue weighted by Crippen LogP contribution is 2.19. The van der Waals surface area contributed by atoms with E-state index in [2.05, 4.69) is 6.58 Å². The van der Waals surface area contributed by atoms with Crippen LogP contribution >= 0.6 is 0 Å². The van der Waals surface area contributed by atoms with Crippen molar-refractivity contribution >= 4 is 11.9 Å². The lowest BCUT2D eigenvalue weighted by molar-refractivity contribution is -0.163. The zero-order chi connectivity index (χ0) is 13.5. The standard InChI is InChI=1S/C13H18O5/c1-4-5-11-6-7-12(17-10(3)15)13(18-11)8-16-9(2)14/h4,6-7,11-13H,1,5,8H2,2-3H3/t11-,12-,13-/m0/s1. The molecule has 0 aromatic heterocycles. The van der Waals surface area contributed by atoms with Gasteiger partial charge in [0, 0.05) is 13.8 Å². The van der Waals surface area contributed by atoms with E-state index >= 15 is 0 Å². The monoisotopic (exact) mass is 254 g/mol. The normalized spacial score (nSPS) is 26.4. The van der Waals surface area contributed by atoms with Crippen LogP contribution in [0.1, 0.15) is 20.3 Å². The van der Waals surface area contributed by atoms with Crippen LogP contribution in [0, 0.1) is 0 Å². The molecule has 0 aromatic rings. The van der Waals surface area contributed by atoms with Gasteiger partial charge in [0.2, 0.25) is 0 Å². The molecule has 1 aliphatic heterocycles. The van der Waals surface area contributed by atoms with Crippen LogP contribution in [0.25, 0.3) is 0 Å². The molecular weight excluding hydrogens is 236 g/mol. The number of carbonyl (C=O) groups is 2.